The minimum Gasteiger partial charge on any atom is -0.380 e. The predicted octanol–water partition coefficient (Wildman–Crippen LogP) is 1.22. The summed E-state index contributed by atoms with van der Waals surface area (Å²) in [5, 5.41) is 3.22. The van der Waals surface area contributed by atoms with Crippen LogP contribution in [0, 0.1) is 5.92 Å². The average Bonchev–Trinajstić information content (AvgIpc) is 2.29. The molecule has 0 aromatic rings. The lowest BCUT2D eigenvalue weighted by molar-refractivity contribution is 0.0769. The highest BCUT2D eigenvalue weighted by molar-refractivity contribution is 4.64. The molecule has 4 nitrogen and oxygen atoms in total. The maximum absolute atomic E-state index is 5.41. The van der Waals surface area contributed by atoms with Gasteiger partial charge in [-0.3, -0.25) is 4.90 Å². The van der Waals surface area contributed by atoms with Gasteiger partial charge in [0.2, 0.25) is 0 Å². The summed E-state index contributed by atoms with van der Waals surface area (Å²) in [6, 6.07) is 0. The van der Waals surface area contributed by atoms with Crippen LogP contribution in [0.15, 0.2) is 0 Å². The minimum atomic E-state index is 0.656. The molecule has 0 spiro atoms. The van der Waals surface area contributed by atoms with E-state index < -0.39 is 0 Å². The monoisotopic (exact) mass is 246 g/mol. The van der Waals surface area contributed by atoms with Crippen LogP contribution in [0.1, 0.15) is 20.8 Å². The van der Waals surface area contributed by atoms with Gasteiger partial charge in [0.25, 0.3) is 0 Å². The van der Waals surface area contributed by atoms with Crippen LogP contribution < -0.4 is 5.32 Å². The van der Waals surface area contributed by atoms with Crippen molar-refractivity contribution < 1.29 is 9.47 Å². The van der Waals surface area contributed by atoms with Crippen molar-refractivity contribution in [3.05, 3.63) is 0 Å². The van der Waals surface area contributed by atoms with Gasteiger partial charge in [0, 0.05) is 32.8 Å². The summed E-state index contributed by atoms with van der Waals surface area (Å²) >= 11 is 0. The maximum atomic E-state index is 5.41. The van der Waals surface area contributed by atoms with E-state index in [1.807, 2.05) is 20.9 Å². The van der Waals surface area contributed by atoms with Crippen LogP contribution in [0.2, 0.25) is 0 Å². The van der Waals surface area contributed by atoms with Gasteiger partial charge in [0.05, 0.1) is 13.2 Å². The van der Waals surface area contributed by atoms with Gasteiger partial charge in [-0.05, 0) is 33.4 Å². The molecular formula is C13H30N2O2. The molecule has 1 N–H and O–H groups in total. The van der Waals surface area contributed by atoms with Crippen molar-refractivity contribution in [1.82, 2.24) is 10.2 Å². The summed E-state index contributed by atoms with van der Waals surface area (Å²) < 4.78 is 10.8. The Bertz CT molecular complexity index is 146. The van der Waals surface area contributed by atoms with E-state index in [0.29, 0.717) is 5.92 Å². The topological polar surface area (TPSA) is 33.7 Å². The van der Waals surface area contributed by atoms with Crippen LogP contribution in [0.3, 0.4) is 0 Å². The zero-order valence-electron chi connectivity index (χ0n) is 12.0. The normalized spacial score (nSPS) is 13.2. The van der Waals surface area contributed by atoms with Gasteiger partial charge in [-0.15, -0.1) is 0 Å². The Hall–Kier alpha value is -0.160. The van der Waals surface area contributed by atoms with Crippen molar-refractivity contribution in [2.75, 3.05) is 59.7 Å². The zero-order chi connectivity index (χ0) is 12.9. The first kappa shape index (κ1) is 16.8. The first-order chi connectivity index (χ1) is 8.24. The Morgan fingerprint density at radius 1 is 1.06 bits per heavy atom. The van der Waals surface area contributed by atoms with Crippen molar-refractivity contribution in [3.8, 4) is 0 Å². The molecule has 17 heavy (non-hydrogen) atoms. The highest BCUT2D eigenvalue weighted by Gasteiger charge is 2.09. The van der Waals surface area contributed by atoms with Gasteiger partial charge < -0.3 is 14.8 Å². The molecule has 1 atom stereocenters. The summed E-state index contributed by atoms with van der Waals surface area (Å²) in [5.74, 6) is 0.656. The van der Waals surface area contributed by atoms with E-state index in [-0.39, 0.29) is 0 Å². The Morgan fingerprint density at radius 3 is 2.00 bits per heavy atom. The average molecular weight is 246 g/mol. The van der Waals surface area contributed by atoms with Gasteiger partial charge in [0.15, 0.2) is 0 Å². The minimum absolute atomic E-state index is 0.656. The molecule has 0 amide bonds. The fraction of sp³-hybridized carbons (Fsp3) is 1.00. The molecule has 0 fully saturated rings. The summed E-state index contributed by atoms with van der Waals surface area (Å²) in [6.45, 7) is 13.7. The fourth-order valence-electron chi connectivity index (χ4n) is 1.82. The summed E-state index contributed by atoms with van der Waals surface area (Å²) in [6.07, 6.45) is 0. The fourth-order valence-corrected chi connectivity index (χ4v) is 1.82. The lowest BCUT2D eigenvalue weighted by Gasteiger charge is -2.25. The lowest BCUT2D eigenvalue weighted by Crippen LogP contribution is -2.37. The van der Waals surface area contributed by atoms with Gasteiger partial charge in [-0.1, -0.05) is 6.92 Å². The Labute approximate surface area is 107 Å². The maximum Gasteiger partial charge on any atom is 0.0593 e. The number of hydrogen-bond donors (Lipinski definition) is 1. The molecule has 0 aliphatic rings. The van der Waals surface area contributed by atoms with Crippen molar-refractivity contribution in [2.24, 2.45) is 5.92 Å². The highest BCUT2D eigenvalue weighted by atomic mass is 16.5. The molecule has 0 aliphatic heterocycles. The molecule has 0 heterocycles. The van der Waals surface area contributed by atoms with Crippen LogP contribution in [0.25, 0.3) is 0 Å². The second-order valence-electron chi connectivity index (χ2n) is 4.36. The quantitative estimate of drug-likeness (QED) is 0.525. The predicted molar refractivity (Wildman–Crippen MR) is 72.5 cm³/mol. The third-order valence-electron chi connectivity index (χ3n) is 2.63. The molecule has 0 aromatic heterocycles. The van der Waals surface area contributed by atoms with E-state index in [1.54, 1.807) is 0 Å². The Balaban J connectivity index is 3.82. The van der Waals surface area contributed by atoms with Crippen molar-refractivity contribution in [3.63, 3.8) is 0 Å². The second kappa shape index (κ2) is 12.3. The Morgan fingerprint density at radius 2 is 1.59 bits per heavy atom. The largest absolute Gasteiger partial charge is 0.380 e. The van der Waals surface area contributed by atoms with Crippen molar-refractivity contribution >= 4 is 0 Å². The van der Waals surface area contributed by atoms with E-state index in [4.69, 9.17) is 9.47 Å². The van der Waals surface area contributed by atoms with E-state index >= 15 is 0 Å². The van der Waals surface area contributed by atoms with Gasteiger partial charge in [-0.25, -0.2) is 0 Å². The van der Waals surface area contributed by atoms with Gasteiger partial charge in [-0.2, -0.15) is 0 Å². The summed E-state index contributed by atoms with van der Waals surface area (Å²) in [5.41, 5.74) is 0. The SMILES string of the molecule is CCOCCN(CCOCC)CC(C)CNC. The van der Waals surface area contributed by atoms with E-state index in [9.17, 15) is 0 Å². The third kappa shape index (κ3) is 10.7. The number of hydrogen-bond acceptors (Lipinski definition) is 4. The number of ether oxygens (including phenoxy) is 2. The molecule has 0 radical (unpaired) electrons. The van der Waals surface area contributed by atoms with E-state index in [1.165, 1.54) is 0 Å². The second-order valence-corrected chi connectivity index (χ2v) is 4.36. The smallest absolute Gasteiger partial charge is 0.0593 e. The molecule has 0 saturated heterocycles. The first-order valence-electron chi connectivity index (χ1n) is 6.76. The first-order valence-corrected chi connectivity index (χ1v) is 6.76. The molecule has 0 saturated carbocycles. The van der Waals surface area contributed by atoms with Gasteiger partial charge >= 0.3 is 0 Å². The van der Waals surface area contributed by atoms with Crippen molar-refractivity contribution in [2.45, 2.75) is 20.8 Å². The van der Waals surface area contributed by atoms with E-state index in [0.717, 1.165) is 52.6 Å². The molecule has 104 valence electrons. The Kier molecular flexibility index (Phi) is 12.2. The molecule has 0 rings (SSSR count). The summed E-state index contributed by atoms with van der Waals surface area (Å²) in [7, 11) is 2.00. The molecule has 0 aliphatic carbocycles. The van der Waals surface area contributed by atoms with E-state index in [2.05, 4.69) is 17.1 Å². The molecule has 0 bridgehead atoms. The van der Waals surface area contributed by atoms with Crippen LogP contribution >= 0.6 is 0 Å². The third-order valence-corrected chi connectivity index (χ3v) is 2.63. The number of nitrogens with zero attached hydrogens (tertiary/aromatic N) is 1. The summed E-state index contributed by atoms with van der Waals surface area (Å²) in [4.78, 5) is 2.42. The molecular weight excluding hydrogens is 216 g/mol. The molecule has 1 unspecified atom stereocenters. The zero-order valence-corrected chi connectivity index (χ0v) is 12.0. The highest BCUT2D eigenvalue weighted by Crippen LogP contribution is 1.99. The number of nitrogens with one attached hydrogen (secondary N) is 1. The van der Waals surface area contributed by atoms with Crippen LogP contribution in [-0.2, 0) is 9.47 Å². The van der Waals surface area contributed by atoms with Crippen LogP contribution in [-0.4, -0.2) is 64.6 Å². The molecule has 0 aromatic carbocycles. The van der Waals surface area contributed by atoms with Crippen LogP contribution in [0.5, 0.6) is 0 Å². The molecule has 4 heteroatoms. The van der Waals surface area contributed by atoms with Gasteiger partial charge in [0.1, 0.15) is 0 Å². The standard InChI is InChI=1S/C13H30N2O2/c1-5-16-9-7-15(8-10-17-6-2)12-13(3)11-14-4/h13-14H,5-12H2,1-4H3. The lowest BCUT2D eigenvalue weighted by atomic mass is 10.1. The number of rotatable bonds is 12. The van der Waals surface area contributed by atoms with Crippen LogP contribution in [0.4, 0.5) is 0 Å². The van der Waals surface area contributed by atoms with Crippen molar-refractivity contribution in [1.29, 1.82) is 0 Å².